The maximum Gasteiger partial charge on any atom is 0.356 e. The number of amides is 1. The van der Waals surface area contributed by atoms with Crippen LogP contribution in [0.25, 0.3) is 0 Å². The highest BCUT2D eigenvalue weighted by molar-refractivity contribution is 6.02. The summed E-state index contributed by atoms with van der Waals surface area (Å²) in [5, 5.41) is 2.63. The number of carbonyl (C=O) groups excluding carboxylic acids is 3. The van der Waals surface area contributed by atoms with Crippen LogP contribution in [0.3, 0.4) is 0 Å². The van der Waals surface area contributed by atoms with Crippen LogP contribution in [-0.2, 0) is 9.53 Å². The molecule has 3 rings (SSSR count). The molecular weight excluding hydrogens is 387 g/mol. The second-order valence-corrected chi connectivity index (χ2v) is 6.87. The van der Waals surface area contributed by atoms with Gasteiger partial charge in [0.25, 0.3) is 5.91 Å². The summed E-state index contributed by atoms with van der Waals surface area (Å²) >= 11 is 0. The third kappa shape index (κ3) is 4.46. The van der Waals surface area contributed by atoms with E-state index in [0.29, 0.717) is 28.1 Å². The number of benzene rings is 2. The summed E-state index contributed by atoms with van der Waals surface area (Å²) in [5.74, 6) is -1.95. The number of anilines is 1. The van der Waals surface area contributed by atoms with E-state index in [1.807, 2.05) is 0 Å². The molecule has 2 aromatic carbocycles. The second kappa shape index (κ2) is 8.73. The number of halogens is 1. The molecule has 0 aliphatic carbocycles. The van der Waals surface area contributed by atoms with Crippen molar-refractivity contribution in [2.75, 3.05) is 5.32 Å². The fraction of sp³-hybridized carbons (Fsp3) is 0.174. The minimum absolute atomic E-state index is 0.119. The standard InChI is InChI=1S/C23H21FN2O4/c1-13-19(15(3)27)14(2)25-20(13)23(29)30-21(16-7-5-4-6-8-16)22(28)26-18-11-9-17(24)10-12-18/h4-12,21,25H,1-3H3,(H,26,28)/t21-/m0/s1. The van der Waals surface area contributed by atoms with Gasteiger partial charge in [0.1, 0.15) is 11.5 Å². The number of aryl methyl sites for hydroxylation is 1. The van der Waals surface area contributed by atoms with Crippen LogP contribution in [0.4, 0.5) is 10.1 Å². The molecule has 0 spiro atoms. The van der Waals surface area contributed by atoms with Crippen molar-refractivity contribution < 1.29 is 23.5 Å². The maximum absolute atomic E-state index is 13.1. The molecule has 0 saturated heterocycles. The van der Waals surface area contributed by atoms with Crippen molar-refractivity contribution in [3.8, 4) is 0 Å². The Morgan fingerprint density at radius 1 is 1.00 bits per heavy atom. The van der Waals surface area contributed by atoms with Gasteiger partial charge in [-0.2, -0.15) is 0 Å². The number of H-pyrrole nitrogens is 1. The molecule has 0 saturated carbocycles. The zero-order valence-corrected chi connectivity index (χ0v) is 16.8. The van der Waals surface area contributed by atoms with Crippen molar-refractivity contribution in [2.24, 2.45) is 0 Å². The highest BCUT2D eigenvalue weighted by atomic mass is 19.1. The summed E-state index contributed by atoms with van der Waals surface area (Å²) in [6.07, 6.45) is -1.24. The van der Waals surface area contributed by atoms with E-state index in [-0.39, 0.29) is 11.5 Å². The number of Topliss-reactive ketones (excluding diaryl/α,β-unsaturated/α-hetero) is 1. The van der Waals surface area contributed by atoms with E-state index in [2.05, 4.69) is 10.3 Å². The van der Waals surface area contributed by atoms with Gasteiger partial charge in [-0.05, 0) is 50.6 Å². The van der Waals surface area contributed by atoms with Gasteiger partial charge in [0, 0.05) is 22.5 Å². The average molecular weight is 408 g/mol. The van der Waals surface area contributed by atoms with Crippen molar-refractivity contribution in [1.82, 2.24) is 4.98 Å². The molecule has 2 N–H and O–H groups in total. The molecule has 0 bridgehead atoms. The van der Waals surface area contributed by atoms with Gasteiger partial charge in [0.2, 0.25) is 6.10 Å². The normalized spacial score (nSPS) is 11.6. The van der Waals surface area contributed by atoms with Crippen LogP contribution in [0.5, 0.6) is 0 Å². The first-order valence-electron chi connectivity index (χ1n) is 9.30. The van der Waals surface area contributed by atoms with Gasteiger partial charge in [-0.15, -0.1) is 0 Å². The summed E-state index contributed by atoms with van der Waals surface area (Å²) in [6, 6.07) is 13.8. The molecule has 7 heteroatoms. The highest BCUT2D eigenvalue weighted by Gasteiger charge is 2.28. The van der Waals surface area contributed by atoms with Crippen molar-refractivity contribution in [3.05, 3.63) is 88.5 Å². The van der Waals surface area contributed by atoms with Gasteiger partial charge >= 0.3 is 5.97 Å². The third-order valence-corrected chi connectivity index (χ3v) is 4.67. The molecule has 0 radical (unpaired) electrons. The van der Waals surface area contributed by atoms with Crippen molar-refractivity contribution in [2.45, 2.75) is 26.9 Å². The Morgan fingerprint density at radius 2 is 1.63 bits per heavy atom. The van der Waals surface area contributed by atoms with Crippen LogP contribution in [0.15, 0.2) is 54.6 Å². The van der Waals surface area contributed by atoms with Gasteiger partial charge in [-0.1, -0.05) is 30.3 Å². The second-order valence-electron chi connectivity index (χ2n) is 6.87. The predicted molar refractivity (Wildman–Crippen MR) is 110 cm³/mol. The lowest BCUT2D eigenvalue weighted by Crippen LogP contribution is -2.26. The summed E-state index contributed by atoms with van der Waals surface area (Å²) in [7, 11) is 0. The molecule has 3 aromatic rings. The first-order chi connectivity index (χ1) is 14.3. The quantitative estimate of drug-likeness (QED) is 0.464. The zero-order chi connectivity index (χ0) is 21.8. The van der Waals surface area contributed by atoms with Crippen LogP contribution in [0, 0.1) is 19.7 Å². The lowest BCUT2D eigenvalue weighted by Gasteiger charge is -2.18. The maximum atomic E-state index is 13.1. The number of rotatable bonds is 6. The first kappa shape index (κ1) is 21.0. The van der Waals surface area contributed by atoms with Crippen LogP contribution < -0.4 is 5.32 Å². The average Bonchev–Trinajstić information content (AvgIpc) is 3.02. The number of aromatic amines is 1. The highest BCUT2D eigenvalue weighted by Crippen LogP contribution is 2.25. The number of aromatic nitrogens is 1. The van der Waals surface area contributed by atoms with Crippen LogP contribution >= 0.6 is 0 Å². The van der Waals surface area contributed by atoms with E-state index in [0.717, 1.165) is 0 Å². The molecule has 1 heterocycles. The Kier molecular flexibility index (Phi) is 6.11. The number of esters is 1. The Balaban J connectivity index is 1.89. The SMILES string of the molecule is CC(=O)c1c(C)[nH]c(C(=O)O[C@H](C(=O)Nc2ccc(F)cc2)c2ccccc2)c1C. The summed E-state index contributed by atoms with van der Waals surface area (Å²) in [5.41, 5.74) is 2.40. The summed E-state index contributed by atoms with van der Waals surface area (Å²) < 4.78 is 18.7. The number of carbonyl (C=O) groups is 3. The number of ketones is 1. The van der Waals surface area contributed by atoms with Gasteiger partial charge in [-0.3, -0.25) is 9.59 Å². The van der Waals surface area contributed by atoms with E-state index in [1.165, 1.54) is 31.2 Å². The van der Waals surface area contributed by atoms with Gasteiger partial charge < -0.3 is 15.0 Å². The minimum Gasteiger partial charge on any atom is -0.443 e. The lowest BCUT2D eigenvalue weighted by atomic mass is 10.1. The number of hydrogen-bond donors (Lipinski definition) is 2. The van der Waals surface area contributed by atoms with Crippen molar-refractivity contribution in [1.29, 1.82) is 0 Å². The van der Waals surface area contributed by atoms with Gasteiger partial charge in [-0.25, -0.2) is 9.18 Å². The van der Waals surface area contributed by atoms with E-state index < -0.39 is 23.8 Å². The molecule has 0 aliphatic heterocycles. The Bertz CT molecular complexity index is 1090. The van der Waals surface area contributed by atoms with Crippen molar-refractivity contribution in [3.63, 3.8) is 0 Å². The monoisotopic (exact) mass is 408 g/mol. The zero-order valence-electron chi connectivity index (χ0n) is 16.8. The van der Waals surface area contributed by atoms with Crippen molar-refractivity contribution >= 4 is 23.3 Å². The largest absolute Gasteiger partial charge is 0.443 e. The predicted octanol–water partition coefficient (Wildman–Crippen LogP) is 4.51. The summed E-state index contributed by atoms with van der Waals surface area (Å²) in [6.45, 7) is 4.75. The van der Waals surface area contributed by atoms with E-state index >= 15 is 0 Å². The fourth-order valence-electron chi connectivity index (χ4n) is 3.29. The Labute approximate surface area is 173 Å². The molecule has 1 aromatic heterocycles. The molecule has 6 nitrogen and oxygen atoms in total. The van der Waals surface area contributed by atoms with E-state index in [1.54, 1.807) is 44.2 Å². The van der Waals surface area contributed by atoms with Gasteiger partial charge in [0.05, 0.1) is 0 Å². The molecule has 0 unspecified atom stereocenters. The molecule has 1 amide bonds. The molecular formula is C23H21FN2O4. The molecule has 0 fully saturated rings. The van der Waals surface area contributed by atoms with Gasteiger partial charge in [0.15, 0.2) is 5.78 Å². The smallest absolute Gasteiger partial charge is 0.356 e. The fourth-order valence-corrected chi connectivity index (χ4v) is 3.29. The van der Waals surface area contributed by atoms with Crippen LogP contribution in [0.1, 0.15) is 50.7 Å². The Morgan fingerprint density at radius 3 is 2.20 bits per heavy atom. The molecule has 154 valence electrons. The number of nitrogens with one attached hydrogen (secondary N) is 2. The Hall–Kier alpha value is -3.74. The van der Waals surface area contributed by atoms with Crippen LogP contribution in [-0.4, -0.2) is 22.6 Å². The van der Waals surface area contributed by atoms with E-state index in [4.69, 9.17) is 4.74 Å². The third-order valence-electron chi connectivity index (χ3n) is 4.67. The number of ether oxygens (including phenoxy) is 1. The number of hydrogen-bond acceptors (Lipinski definition) is 4. The summed E-state index contributed by atoms with van der Waals surface area (Å²) in [4.78, 5) is 40.4. The minimum atomic E-state index is -1.24. The first-order valence-corrected chi connectivity index (χ1v) is 9.30. The van der Waals surface area contributed by atoms with Crippen LogP contribution in [0.2, 0.25) is 0 Å². The van der Waals surface area contributed by atoms with E-state index in [9.17, 15) is 18.8 Å². The molecule has 1 atom stereocenters. The topological polar surface area (TPSA) is 88.3 Å². The lowest BCUT2D eigenvalue weighted by molar-refractivity contribution is -0.125. The molecule has 30 heavy (non-hydrogen) atoms. The molecule has 0 aliphatic rings.